The van der Waals surface area contributed by atoms with Crippen LogP contribution in [0, 0.1) is 0 Å². The Balaban J connectivity index is 2.67. The third-order valence-electron chi connectivity index (χ3n) is 2.81. The summed E-state index contributed by atoms with van der Waals surface area (Å²) in [5, 5.41) is 37.4. The van der Waals surface area contributed by atoms with E-state index in [4.69, 9.17) is 9.84 Å². The van der Waals surface area contributed by atoms with Gasteiger partial charge in [0.1, 0.15) is 30.2 Å². The maximum Gasteiger partial charge on any atom is 0.135 e. The van der Waals surface area contributed by atoms with E-state index in [2.05, 4.69) is 0 Å². The van der Waals surface area contributed by atoms with Crippen molar-refractivity contribution in [2.45, 2.75) is 50.3 Å². The molecule has 1 aliphatic heterocycles. The molecule has 0 radical (unpaired) electrons. The zero-order chi connectivity index (χ0) is 12.3. The van der Waals surface area contributed by atoms with Crippen molar-refractivity contribution in [3.05, 3.63) is 0 Å². The Morgan fingerprint density at radius 3 is 2.19 bits per heavy atom. The first-order chi connectivity index (χ1) is 7.51. The predicted octanol–water partition coefficient (Wildman–Crippen LogP) is -1.80. The second-order valence-electron chi connectivity index (χ2n) is 3.96. The average Bonchev–Trinajstić information content (AvgIpc) is 2.29. The highest BCUT2D eigenvalue weighted by Crippen LogP contribution is 2.23. The van der Waals surface area contributed by atoms with Crippen molar-refractivity contribution in [1.82, 2.24) is 0 Å². The lowest BCUT2D eigenvalue weighted by atomic mass is 9.92. The Labute approximate surface area is 93.5 Å². The summed E-state index contributed by atoms with van der Waals surface area (Å²) in [4.78, 5) is 11.2. The van der Waals surface area contributed by atoms with Crippen molar-refractivity contribution in [2.75, 3.05) is 6.61 Å². The van der Waals surface area contributed by atoms with Crippen LogP contribution in [0.1, 0.15) is 19.8 Å². The number of hydrogen-bond donors (Lipinski definition) is 4. The molecule has 0 aromatic heterocycles. The monoisotopic (exact) mass is 234 g/mol. The van der Waals surface area contributed by atoms with Gasteiger partial charge in [0, 0.05) is 12.8 Å². The van der Waals surface area contributed by atoms with Crippen molar-refractivity contribution in [3.8, 4) is 0 Å². The summed E-state index contributed by atoms with van der Waals surface area (Å²) < 4.78 is 5.17. The molecule has 94 valence electrons. The minimum atomic E-state index is -1.40. The highest BCUT2D eigenvalue weighted by Gasteiger charge is 2.43. The fraction of sp³-hybridized carbons (Fsp3) is 0.900. The van der Waals surface area contributed by atoms with Gasteiger partial charge in [-0.1, -0.05) is 6.92 Å². The molecule has 6 heteroatoms. The number of carbonyl (C=O) groups is 1. The molecule has 1 fully saturated rings. The second-order valence-corrected chi connectivity index (χ2v) is 3.96. The molecule has 0 spiro atoms. The number of rotatable bonds is 4. The summed E-state index contributed by atoms with van der Waals surface area (Å²) in [5.41, 5.74) is 0. The Morgan fingerprint density at radius 2 is 1.69 bits per heavy atom. The van der Waals surface area contributed by atoms with Crippen molar-refractivity contribution in [1.29, 1.82) is 0 Å². The highest BCUT2D eigenvalue weighted by molar-refractivity contribution is 5.78. The van der Waals surface area contributed by atoms with Crippen LogP contribution >= 0.6 is 0 Å². The number of aliphatic hydroxyl groups excluding tert-OH is 4. The van der Waals surface area contributed by atoms with Crippen LogP contribution in [0.25, 0.3) is 0 Å². The predicted molar refractivity (Wildman–Crippen MR) is 53.7 cm³/mol. The number of aliphatic hydroxyl groups is 4. The molecule has 0 bridgehead atoms. The molecule has 1 saturated heterocycles. The highest BCUT2D eigenvalue weighted by atomic mass is 16.5. The van der Waals surface area contributed by atoms with Crippen LogP contribution in [0.3, 0.4) is 0 Å². The van der Waals surface area contributed by atoms with Crippen LogP contribution in [-0.4, -0.2) is 63.3 Å². The zero-order valence-electron chi connectivity index (χ0n) is 9.11. The molecule has 6 nitrogen and oxygen atoms in total. The van der Waals surface area contributed by atoms with Gasteiger partial charge in [-0.15, -0.1) is 0 Å². The third-order valence-corrected chi connectivity index (χ3v) is 2.81. The maximum absolute atomic E-state index is 11.2. The van der Waals surface area contributed by atoms with Gasteiger partial charge >= 0.3 is 0 Å². The third kappa shape index (κ3) is 2.78. The van der Waals surface area contributed by atoms with Crippen LogP contribution in [-0.2, 0) is 9.53 Å². The van der Waals surface area contributed by atoms with Gasteiger partial charge in [0.2, 0.25) is 0 Å². The van der Waals surface area contributed by atoms with Gasteiger partial charge in [-0.25, -0.2) is 0 Å². The molecular formula is C10H18O6. The lowest BCUT2D eigenvalue weighted by Crippen LogP contribution is -2.58. The molecule has 0 aliphatic carbocycles. The summed E-state index contributed by atoms with van der Waals surface area (Å²) in [7, 11) is 0. The van der Waals surface area contributed by atoms with Gasteiger partial charge in [0.05, 0.1) is 12.7 Å². The van der Waals surface area contributed by atoms with Gasteiger partial charge < -0.3 is 25.2 Å². The number of carbonyl (C=O) groups excluding carboxylic acids is 1. The fourth-order valence-corrected chi connectivity index (χ4v) is 1.72. The molecule has 1 aliphatic rings. The van der Waals surface area contributed by atoms with Crippen LogP contribution in [0.15, 0.2) is 0 Å². The SMILES string of the molecule is CCC(=O)CC1O[C@H](CO)[C@@H](O)[C@H](O)[C@H]1O. The van der Waals surface area contributed by atoms with E-state index in [0.717, 1.165) is 0 Å². The van der Waals surface area contributed by atoms with Crippen molar-refractivity contribution < 1.29 is 30.0 Å². The topological polar surface area (TPSA) is 107 Å². The maximum atomic E-state index is 11.2. The first kappa shape index (κ1) is 13.5. The quantitative estimate of drug-likeness (QED) is 0.457. The van der Waals surface area contributed by atoms with E-state index in [0.29, 0.717) is 6.42 Å². The normalized spacial score (nSPS) is 39.7. The lowest BCUT2D eigenvalue weighted by Gasteiger charge is -2.39. The fourth-order valence-electron chi connectivity index (χ4n) is 1.72. The summed E-state index contributed by atoms with van der Waals surface area (Å²) in [5.74, 6) is -0.107. The smallest absolute Gasteiger partial charge is 0.135 e. The van der Waals surface area contributed by atoms with E-state index < -0.39 is 37.1 Å². The number of ether oxygens (including phenoxy) is 1. The van der Waals surface area contributed by atoms with Crippen molar-refractivity contribution in [3.63, 3.8) is 0 Å². The van der Waals surface area contributed by atoms with Gasteiger partial charge in [-0.3, -0.25) is 4.79 Å². The second kappa shape index (κ2) is 5.70. The van der Waals surface area contributed by atoms with E-state index >= 15 is 0 Å². The van der Waals surface area contributed by atoms with Crippen LogP contribution in [0.4, 0.5) is 0 Å². The summed E-state index contributed by atoms with van der Waals surface area (Å²) >= 11 is 0. The van der Waals surface area contributed by atoms with Crippen molar-refractivity contribution >= 4 is 5.78 Å². The van der Waals surface area contributed by atoms with E-state index in [-0.39, 0.29) is 12.2 Å². The zero-order valence-corrected chi connectivity index (χ0v) is 9.11. The van der Waals surface area contributed by atoms with Gasteiger partial charge in [-0.2, -0.15) is 0 Å². The lowest BCUT2D eigenvalue weighted by molar-refractivity contribution is -0.229. The van der Waals surface area contributed by atoms with Gasteiger partial charge in [0.25, 0.3) is 0 Å². The standard InChI is InChI=1S/C10H18O6/c1-2-5(12)3-6-8(13)10(15)9(14)7(4-11)16-6/h6-11,13-15H,2-4H2,1H3/t6?,7-,8+,9-,10-/m1/s1. The summed E-state index contributed by atoms with van der Waals surface area (Å²) in [6.45, 7) is 1.22. The molecule has 4 N–H and O–H groups in total. The first-order valence-electron chi connectivity index (χ1n) is 5.33. The molecule has 1 rings (SSSR count). The van der Waals surface area contributed by atoms with E-state index in [1.807, 2.05) is 0 Å². The molecular weight excluding hydrogens is 216 g/mol. The average molecular weight is 234 g/mol. The number of hydrogen-bond acceptors (Lipinski definition) is 6. The number of Topliss-reactive ketones (excluding diaryl/α,β-unsaturated/α-hetero) is 1. The molecule has 0 amide bonds. The Morgan fingerprint density at radius 1 is 1.12 bits per heavy atom. The van der Waals surface area contributed by atoms with Crippen LogP contribution in [0.2, 0.25) is 0 Å². The summed E-state index contributed by atoms with van der Waals surface area (Å²) in [6, 6.07) is 0. The Kier molecular flexibility index (Phi) is 4.82. The molecule has 1 heterocycles. The minimum Gasteiger partial charge on any atom is -0.394 e. The Bertz CT molecular complexity index is 241. The largest absolute Gasteiger partial charge is 0.394 e. The molecule has 5 atom stereocenters. The van der Waals surface area contributed by atoms with Gasteiger partial charge in [-0.05, 0) is 0 Å². The number of ketones is 1. The first-order valence-corrected chi connectivity index (χ1v) is 5.33. The van der Waals surface area contributed by atoms with Crippen LogP contribution < -0.4 is 0 Å². The molecule has 1 unspecified atom stereocenters. The van der Waals surface area contributed by atoms with E-state index in [1.165, 1.54) is 0 Å². The van der Waals surface area contributed by atoms with E-state index in [9.17, 15) is 20.1 Å². The van der Waals surface area contributed by atoms with Crippen molar-refractivity contribution in [2.24, 2.45) is 0 Å². The minimum absolute atomic E-state index is 0.0298. The van der Waals surface area contributed by atoms with E-state index in [1.54, 1.807) is 6.92 Å². The molecule has 16 heavy (non-hydrogen) atoms. The van der Waals surface area contributed by atoms with Gasteiger partial charge in [0.15, 0.2) is 0 Å². The molecule has 0 aromatic rings. The molecule has 0 saturated carbocycles. The summed E-state index contributed by atoms with van der Waals surface area (Å²) in [6.07, 6.45) is -5.61. The Hall–Kier alpha value is -0.530. The van der Waals surface area contributed by atoms with Crippen LogP contribution in [0.5, 0.6) is 0 Å². The molecule has 0 aromatic carbocycles.